The number of phenols is 1. The smallest absolute Gasteiger partial charge is 0.163 e. The van der Waals surface area contributed by atoms with Crippen molar-refractivity contribution in [2.24, 2.45) is 0 Å². The summed E-state index contributed by atoms with van der Waals surface area (Å²) in [6, 6.07) is 3.44. The largest absolute Gasteiger partial charge is 0.507 e. The van der Waals surface area contributed by atoms with Crippen LogP contribution in [-0.4, -0.2) is 17.0 Å². The van der Waals surface area contributed by atoms with Crippen LogP contribution in [0.5, 0.6) is 11.5 Å². The first kappa shape index (κ1) is 15.6. The molecule has 114 valence electrons. The highest BCUT2D eigenvalue weighted by Gasteiger charge is 2.23. The number of benzene rings is 1. The summed E-state index contributed by atoms with van der Waals surface area (Å²) in [5, 5.41) is 10.4. The van der Waals surface area contributed by atoms with Gasteiger partial charge in [0.1, 0.15) is 17.6 Å². The molecule has 3 nitrogen and oxygen atoms in total. The third-order valence-electron chi connectivity index (χ3n) is 4.07. The van der Waals surface area contributed by atoms with Crippen LogP contribution in [0.15, 0.2) is 24.3 Å². The monoisotopic (exact) mass is 288 g/mol. The van der Waals surface area contributed by atoms with Crippen molar-refractivity contribution in [2.45, 2.75) is 58.5 Å². The molecule has 1 aromatic carbocycles. The summed E-state index contributed by atoms with van der Waals surface area (Å²) < 4.78 is 6.10. The molecule has 1 aromatic rings. The van der Waals surface area contributed by atoms with Gasteiger partial charge >= 0.3 is 0 Å². The van der Waals surface area contributed by atoms with Crippen LogP contribution in [0.3, 0.4) is 0 Å². The summed E-state index contributed by atoms with van der Waals surface area (Å²) >= 11 is 0. The lowest BCUT2D eigenvalue weighted by Crippen LogP contribution is -2.23. The average Bonchev–Trinajstić information content (AvgIpc) is 2.40. The fourth-order valence-corrected chi connectivity index (χ4v) is 2.88. The van der Waals surface area contributed by atoms with E-state index < -0.39 is 0 Å². The van der Waals surface area contributed by atoms with E-state index in [4.69, 9.17) is 4.74 Å². The van der Waals surface area contributed by atoms with Crippen LogP contribution in [0.4, 0.5) is 0 Å². The second-order valence-electron chi connectivity index (χ2n) is 6.09. The minimum Gasteiger partial charge on any atom is -0.507 e. The molecule has 0 aliphatic heterocycles. The number of ketones is 1. The van der Waals surface area contributed by atoms with Crippen molar-refractivity contribution in [2.75, 3.05) is 0 Å². The van der Waals surface area contributed by atoms with Gasteiger partial charge in [0.15, 0.2) is 5.78 Å². The summed E-state index contributed by atoms with van der Waals surface area (Å²) in [6.07, 6.45) is 4.28. The van der Waals surface area contributed by atoms with Crippen LogP contribution in [0.2, 0.25) is 0 Å². The number of Topliss-reactive ketones (excluding diaryl/α,β-unsaturated/α-hetero) is 1. The Hall–Kier alpha value is -1.77. The van der Waals surface area contributed by atoms with Crippen LogP contribution in [0.25, 0.3) is 0 Å². The zero-order valence-corrected chi connectivity index (χ0v) is 13.1. The highest BCUT2D eigenvalue weighted by Crippen LogP contribution is 2.39. The molecule has 1 fully saturated rings. The molecular formula is C18H24O3. The molecule has 1 atom stereocenters. The highest BCUT2D eigenvalue weighted by atomic mass is 16.5. The van der Waals surface area contributed by atoms with E-state index in [-0.39, 0.29) is 23.6 Å². The van der Waals surface area contributed by atoms with Crippen molar-refractivity contribution in [3.05, 3.63) is 35.4 Å². The summed E-state index contributed by atoms with van der Waals surface area (Å²) in [5.41, 5.74) is 2.18. The van der Waals surface area contributed by atoms with Gasteiger partial charge in [-0.1, -0.05) is 20.4 Å². The molecule has 1 aliphatic carbocycles. The minimum absolute atomic E-state index is 0.0128. The number of hydrogen-bond donors (Lipinski definition) is 1. The van der Waals surface area contributed by atoms with Gasteiger partial charge in [0, 0.05) is 5.56 Å². The van der Waals surface area contributed by atoms with E-state index in [0.29, 0.717) is 16.9 Å². The molecule has 1 saturated carbocycles. The van der Waals surface area contributed by atoms with E-state index in [0.717, 1.165) is 24.8 Å². The Morgan fingerprint density at radius 2 is 2.10 bits per heavy atom. The van der Waals surface area contributed by atoms with E-state index in [1.165, 1.54) is 13.3 Å². The summed E-state index contributed by atoms with van der Waals surface area (Å²) in [7, 11) is 0. The lowest BCUT2D eigenvalue weighted by Gasteiger charge is -2.27. The average molecular weight is 288 g/mol. The van der Waals surface area contributed by atoms with Crippen molar-refractivity contribution in [1.29, 1.82) is 0 Å². The molecule has 0 aromatic heterocycles. The quantitative estimate of drug-likeness (QED) is 0.650. The first-order valence-corrected chi connectivity index (χ1v) is 7.63. The van der Waals surface area contributed by atoms with Gasteiger partial charge in [-0.15, -0.1) is 0 Å². The van der Waals surface area contributed by atoms with Gasteiger partial charge in [-0.25, -0.2) is 0 Å². The maximum absolute atomic E-state index is 11.6. The summed E-state index contributed by atoms with van der Waals surface area (Å²) in [5.74, 6) is 0.663. The summed E-state index contributed by atoms with van der Waals surface area (Å²) in [4.78, 5) is 11.6. The molecule has 0 spiro atoms. The van der Waals surface area contributed by atoms with E-state index in [1.807, 2.05) is 13.8 Å². The number of carbonyl (C=O) groups excluding carboxylic acids is 1. The third kappa shape index (κ3) is 3.29. The number of phenolic OH excluding ortho intramolecular Hbond substituents is 1. The standard InChI is InChI=1S/C18H24O3/c1-11(2)17-16(10-9-14(13(4)19)18(17)20)21-15-8-6-5-7-12(15)3/h9-11,15,20H,3,5-8H2,1-2,4H3. The van der Waals surface area contributed by atoms with Crippen molar-refractivity contribution in [1.82, 2.24) is 0 Å². The van der Waals surface area contributed by atoms with Crippen LogP contribution < -0.4 is 4.74 Å². The topological polar surface area (TPSA) is 46.5 Å². The molecular weight excluding hydrogens is 264 g/mol. The second kappa shape index (κ2) is 6.33. The van der Waals surface area contributed by atoms with Crippen LogP contribution in [0, 0.1) is 0 Å². The molecule has 0 saturated heterocycles. The van der Waals surface area contributed by atoms with E-state index >= 15 is 0 Å². The number of ether oxygens (including phenoxy) is 1. The maximum Gasteiger partial charge on any atom is 0.163 e. The number of aromatic hydroxyl groups is 1. The van der Waals surface area contributed by atoms with Gasteiger partial charge in [0.25, 0.3) is 0 Å². The van der Waals surface area contributed by atoms with Crippen molar-refractivity contribution >= 4 is 5.78 Å². The Labute approximate surface area is 126 Å². The van der Waals surface area contributed by atoms with Gasteiger partial charge in [0.2, 0.25) is 0 Å². The molecule has 1 aliphatic rings. The van der Waals surface area contributed by atoms with Gasteiger partial charge in [-0.2, -0.15) is 0 Å². The number of hydrogen-bond acceptors (Lipinski definition) is 3. The first-order chi connectivity index (χ1) is 9.91. The van der Waals surface area contributed by atoms with Gasteiger partial charge < -0.3 is 9.84 Å². The van der Waals surface area contributed by atoms with E-state index in [9.17, 15) is 9.90 Å². The van der Waals surface area contributed by atoms with Crippen molar-refractivity contribution in [3.8, 4) is 11.5 Å². The van der Waals surface area contributed by atoms with Crippen LogP contribution >= 0.6 is 0 Å². The molecule has 0 amide bonds. The molecule has 1 N–H and O–H groups in total. The van der Waals surface area contributed by atoms with Crippen LogP contribution in [0.1, 0.15) is 68.3 Å². The van der Waals surface area contributed by atoms with Crippen molar-refractivity contribution in [3.63, 3.8) is 0 Å². The lowest BCUT2D eigenvalue weighted by molar-refractivity contribution is 0.101. The predicted octanol–water partition coefficient (Wildman–Crippen LogP) is 4.60. The maximum atomic E-state index is 11.6. The molecule has 0 radical (unpaired) electrons. The lowest BCUT2D eigenvalue weighted by atomic mass is 9.92. The Balaban J connectivity index is 2.37. The Kier molecular flexibility index (Phi) is 4.71. The zero-order chi connectivity index (χ0) is 15.6. The van der Waals surface area contributed by atoms with E-state index in [1.54, 1.807) is 12.1 Å². The Bertz CT molecular complexity index is 558. The Morgan fingerprint density at radius 3 is 2.67 bits per heavy atom. The fourth-order valence-electron chi connectivity index (χ4n) is 2.88. The molecule has 0 heterocycles. The Morgan fingerprint density at radius 1 is 1.38 bits per heavy atom. The predicted molar refractivity (Wildman–Crippen MR) is 84.2 cm³/mol. The molecule has 3 heteroatoms. The van der Waals surface area contributed by atoms with Crippen molar-refractivity contribution < 1.29 is 14.6 Å². The van der Waals surface area contributed by atoms with E-state index in [2.05, 4.69) is 6.58 Å². The molecule has 0 bridgehead atoms. The molecule has 21 heavy (non-hydrogen) atoms. The fraction of sp³-hybridized carbons (Fsp3) is 0.500. The van der Waals surface area contributed by atoms with Gasteiger partial charge in [-0.3, -0.25) is 4.79 Å². The van der Waals surface area contributed by atoms with Gasteiger partial charge in [-0.05, 0) is 56.2 Å². The normalized spacial score (nSPS) is 18.9. The van der Waals surface area contributed by atoms with Crippen LogP contribution in [-0.2, 0) is 0 Å². The summed E-state index contributed by atoms with van der Waals surface area (Å²) in [6.45, 7) is 9.53. The zero-order valence-electron chi connectivity index (χ0n) is 13.1. The highest BCUT2D eigenvalue weighted by molar-refractivity contribution is 5.97. The SMILES string of the molecule is C=C1CCCCC1Oc1ccc(C(C)=O)c(O)c1C(C)C. The van der Waals surface area contributed by atoms with Gasteiger partial charge in [0.05, 0.1) is 5.56 Å². The minimum atomic E-state index is -0.136. The third-order valence-corrected chi connectivity index (χ3v) is 4.07. The molecule has 2 rings (SSSR count). The molecule has 1 unspecified atom stereocenters. The number of carbonyl (C=O) groups is 1. The first-order valence-electron chi connectivity index (χ1n) is 7.63. The second-order valence-corrected chi connectivity index (χ2v) is 6.09. The number of rotatable bonds is 4.